The Morgan fingerprint density at radius 3 is 3.06 bits per heavy atom. The van der Waals surface area contributed by atoms with Gasteiger partial charge in [0.15, 0.2) is 0 Å². The summed E-state index contributed by atoms with van der Waals surface area (Å²) in [4.78, 5) is 3.67. The zero-order valence-corrected chi connectivity index (χ0v) is 11.3. The number of nitrogens with two attached hydrogens (primary N) is 1. The van der Waals surface area contributed by atoms with Crippen LogP contribution in [0.25, 0.3) is 0 Å². The highest BCUT2D eigenvalue weighted by atomic mass is 35.5. The lowest BCUT2D eigenvalue weighted by Crippen LogP contribution is -2.44. The smallest absolute Gasteiger partial charge is 0.0824 e. The van der Waals surface area contributed by atoms with Crippen LogP contribution in [0.3, 0.4) is 0 Å². The third-order valence-corrected chi connectivity index (χ3v) is 3.76. The van der Waals surface area contributed by atoms with Gasteiger partial charge in [-0.1, -0.05) is 11.6 Å². The van der Waals surface area contributed by atoms with E-state index in [1.165, 1.54) is 4.88 Å². The van der Waals surface area contributed by atoms with Crippen molar-refractivity contribution in [2.45, 2.75) is 12.6 Å². The molecule has 3 nitrogen and oxygen atoms in total. The number of rotatable bonds is 3. The fourth-order valence-electron chi connectivity index (χ4n) is 1.72. The molecule has 0 aromatic carbocycles. The maximum absolute atomic E-state index is 5.88. The van der Waals surface area contributed by atoms with E-state index < -0.39 is 0 Å². The van der Waals surface area contributed by atoms with Crippen molar-refractivity contribution >= 4 is 35.3 Å². The van der Waals surface area contributed by atoms with Crippen LogP contribution in [0.1, 0.15) is 4.88 Å². The highest BCUT2D eigenvalue weighted by Gasteiger charge is 2.19. The molecule has 92 valence electrons. The molecule has 1 aliphatic heterocycles. The average Bonchev–Trinajstić information content (AvgIpc) is 2.64. The molecule has 1 aromatic heterocycles. The number of thiophene rings is 1. The largest absolute Gasteiger partial charge is 0.374 e. The van der Waals surface area contributed by atoms with Crippen molar-refractivity contribution in [3.8, 4) is 0 Å². The van der Waals surface area contributed by atoms with Gasteiger partial charge in [0.25, 0.3) is 0 Å². The van der Waals surface area contributed by atoms with Crippen molar-refractivity contribution < 1.29 is 4.74 Å². The van der Waals surface area contributed by atoms with Crippen LogP contribution in [0, 0.1) is 0 Å². The van der Waals surface area contributed by atoms with E-state index in [1.807, 2.05) is 11.4 Å². The van der Waals surface area contributed by atoms with Crippen LogP contribution in [0.4, 0.5) is 0 Å². The van der Waals surface area contributed by atoms with E-state index in [0.717, 1.165) is 31.3 Å². The van der Waals surface area contributed by atoms with Crippen molar-refractivity contribution in [1.82, 2.24) is 4.90 Å². The van der Waals surface area contributed by atoms with Gasteiger partial charge < -0.3 is 10.5 Å². The summed E-state index contributed by atoms with van der Waals surface area (Å²) in [7, 11) is 0. The number of morpholine rings is 1. The van der Waals surface area contributed by atoms with Crippen molar-refractivity contribution in [3.05, 3.63) is 21.3 Å². The van der Waals surface area contributed by atoms with Gasteiger partial charge in [0.2, 0.25) is 0 Å². The molecule has 1 unspecified atom stereocenters. The topological polar surface area (TPSA) is 38.5 Å². The first kappa shape index (κ1) is 14.2. The molecule has 0 radical (unpaired) electrons. The van der Waals surface area contributed by atoms with Gasteiger partial charge >= 0.3 is 0 Å². The van der Waals surface area contributed by atoms with Crippen LogP contribution in [-0.4, -0.2) is 37.2 Å². The molecular formula is C10H16Cl2N2OS. The van der Waals surface area contributed by atoms with E-state index >= 15 is 0 Å². The summed E-state index contributed by atoms with van der Waals surface area (Å²) in [6.07, 6.45) is 0.189. The fraction of sp³-hybridized carbons (Fsp3) is 0.600. The molecule has 0 spiro atoms. The van der Waals surface area contributed by atoms with Gasteiger partial charge in [0.05, 0.1) is 17.7 Å². The Morgan fingerprint density at radius 2 is 2.44 bits per heavy atom. The molecule has 1 aliphatic rings. The number of halogens is 2. The Balaban J connectivity index is 0.00000128. The van der Waals surface area contributed by atoms with E-state index in [1.54, 1.807) is 11.3 Å². The first-order valence-electron chi connectivity index (χ1n) is 5.05. The Morgan fingerprint density at radius 1 is 1.62 bits per heavy atom. The number of ether oxygens (including phenoxy) is 1. The molecule has 6 heteroatoms. The average molecular weight is 283 g/mol. The lowest BCUT2D eigenvalue weighted by atomic mass is 10.2. The maximum atomic E-state index is 5.88. The Bertz CT molecular complexity index is 322. The highest BCUT2D eigenvalue weighted by molar-refractivity contribution is 7.10. The first-order valence-corrected chi connectivity index (χ1v) is 6.30. The monoisotopic (exact) mass is 282 g/mol. The highest BCUT2D eigenvalue weighted by Crippen LogP contribution is 2.21. The summed E-state index contributed by atoms with van der Waals surface area (Å²) in [5.74, 6) is 0. The lowest BCUT2D eigenvalue weighted by molar-refractivity contribution is -0.0257. The molecule has 1 atom stereocenters. The minimum atomic E-state index is 0. The zero-order chi connectivity index (χ0) is 10.7. The SMILES string of the molecule is Cl.NCC1CN(Cc2cc(Cl)cs2)CCO1. The molecule has 0 saturated carbocycles. The molecule has 2 N–H and O–H groups in total. The standard InChI is InChI=1S/C10H15ClN2OS.ClH/c11-8-3-10(15-7-8)6-13-1-2-14-9(4-12)5-13;/h3,7,9H,1-2,4-6,12H2;1H. The van der Waals surface area contributed by atoms with E-state index in [0.29, 0.717) is 6.54 Å². The molecule has 1 saturated heterocycles. The van der Waals surface area contributed by atoms with Crippen molar-refractivity contribution in [2.75, 3.05) is 26.2 Å². The summed E-state index contributed by atoms with van der Waals surface area (Å²) in [5, 5.41) is 2.80. The molecule has 16 heavy (non-hydrogen) atoms. The summed E-state index contributed by atoms with van der Waals surface area (Å²) in [5.41, 5.74) is 5.59. The quantitative estimate of drug-likeness (QED) is 0.922. The van der Waals surface area contributed by atoms with E-state index in [2.05, 4.69) is 4.90 Å². The first-order chi connectivity index (χ1) is 7.28. The molecular weight excluding hydrogens is 267 g/mol. The fourth-order valence-corrected chi connectivity index (χ4v) is 2.84. The normalized spacial score (nSPS) is 21.8. The Hall–Kier alpha value is 0.160. The van der Waals surface area contributed by atoms with Crippen molar-refractivity contribution in [1.29, 1.82) is 0 Å². The molecule has 0 amide bonds. The van der Waals surface area contributed by atoms with E-state index in [-0.39, 0.29) is 18.5 Å². The molecule has 1 aromatic rings. The minimum Gasteiger partial charge on any atom is -0.374 e. The van der Waals surface area contributed by atoms with Crippen LogP contribution in [0.2, 0.25) is 5.02 Å². The predicted molar refractivity (Wildman–Crippen MR) is 70.6 cm³/mol. The second-order valence-electron chi connectivity index (χ2n) is 3.69. The van der Waals surface area contributed by atoms with Crippen LogP contribution in [0.5, 0.6) is 0 Å². The summed E-state index contributed by atoms with van der Waals surface area (Å²) in [6, 6.07) is 2.03. The predicted octanol–water partition coefficient (Wildman–Crippen LogP) is 1.98. The Kier molecular flexibility index (Phi) is 6.03. The van der Waals surface area contributed by atoms with Gasteiger partial charge in [-0.05, 0) is 6.07 Å². The summed E-state index contributed by atoms with van der Waals surface area (Å²) in [6.45, 7) is 4.23. The van der Waals surface area contributed by atoms with Crippen LogP contribution in [0.15, 0.2) is 11.4 Å². The summed E-state index contributed by atoms with van der Waals surface area (Å²) >= 11 is 7.59. The summed E-state index contributed by atoms with van der Waals surface area (Å²) < 4.78 is 5.51. The van der Waals surface area contributed by atoms with Gasteiger partial charge in [-0.25, -0.2) is 0 Å². The van der Waals surface area contributed by atoms with Crippen molar-refractivity contribution in [3.63, 3.8) is 0 Å². The zero-order valence-electron chi connectivity index (χ0n) is 8.89. The number of nitrogens with zero attached hydrogens (tertiary/aromatic N) is 1. The van der Waals surface area contributed by atoms with E-state index in [4.69, 9.17) is 22.1 Å². The third kappa shape index (κ3) is 3.87. The lowest BCUT2D eigenvalue weighted by Gasteiger charge is -2.31. The maximum Gasteiger partial charge on any atom is 0.0824 e. The molecule has 0 bridgehead atoms. The molecule has 1 fully saturated rings. The van der Waals surface area contributed by atoms with Gasteiger partial charge in [-0.3, -0.25) is 4.90 Å². The van der Waals surface area contributed by atoms with E-state index in [9.17, 15) is 0 Å². The third-order valence-electron chi connectivity index (χ3n) is 2.49. The van der Waals surface area contributed by atoms with Crippen LogP contribution in [-0.2, 0) is 11.3 Å². The van der Waals surface area contributed by atoms with Gasteiger partial charge in [-0.2, -0.15) is 0 Å². The van der Waals surface area contributed by atoms with Crippen LogP contribution < -0.4 is 5.73 Å². The van der Waals surface area contributed by atoms with Gasteiger partial charge in [0.1, 0.15) is 0 Å². The molecule has 2 rings (SSSR count). The Labute approximate surface area is 111 Å². The molecule has 2 heterocycles. The van der Waals surface area contributed by atoms with Crippen LogP contribution >= 0.6 is 35.3 Å². The second kappa shape index (κ2) is 6.79. The van der Waals surface area contributed by atoms with Gasteiger partial charge in [0, 0.05) is 36.4 Å². The van der Waals surface area contributed by atoms with Crippen molar-refractivity contribution in [2.24, 2.45) is 5.73 Å². The second-order valence-corrected chi connectivity index (χ2v) is 5.13. The molecule has 0 aliphatic carbocycles. The van der Waals surface area contributed by atoms with Gasteiger partial charge in [-0.15, -0.1) is 23.7 Å². The number of hydrogen-bond acceptors (Lipinski definition) is 4. The minimum absolute atomic E-state index is 0. The number of hydrogen-bond donors (Lipinski definition) is 1.